The van der Waals surface area contributed by atoms with Gasteiger partial charge in [-0.3, -0.25) is 24.5 Å². The van der Waals surface area contributed by atoms with Crippen LogP contribution >= 0.6 is 24.2 Å². The van der Waals surface area contributed by atoms with Crippen molar-refractivity contribution in [2.24, 2.45) is 11.7 Å². The van der Waals surface area contributed by atoms with E-state index >= 15 is 0 Å². The lowest BCUT2D eigenvalue weighted by Crippen LogP contribution is -2.42. The third-order valence-electron chi connectivity index (χ3n) is 3.42. The van der Waals surface area contributed by atoms with Crippen molar-refractivity contribution < 1.29 is 4.79 Å². The zero-order chi connectivity index (χ0) is 19.1. The molecule has 26 heavy (non-hydrogen) atoms. The average Bonchev–Trinajstić information content (AvgIpc) is 2.51. The number of nitrogens with one attached hydrogen (secondary N) is 2. The summed E-state index contributed by atoms with van der Waals surface area (Å²) in [7, 11) is 0. The molecular formula is C15H27ClN6O3S. The number of nitrogens with two attached hydrogens (primary N) is 2. The first-order valence-corrected chi connectivity index (χ1v) is 9.07. The number of amidine groups is 1. The molecule has 1 heterocycles. The lowest BCUT2D eigenvalue weighted by molar-refractivity contribution is -0.116. The first-order chi connectivity index (χ1) is 11.7. The number of rotatable bonds is 8. The van der Waals surface area contributed by atoms with Gasteiger partial charge in [0.25, 0.3) is 5.56 Å². The maximum absolute atomic E-state index is 12.5. The van der Waals surface area contributed by atoms with Crippen LogP contribution in [0.25, 0.3) is 0 Å². The molecule has 0 unspecified atom stereocenters. The summed E-state index contributed by atoms with van der Waals surface area (Å²) >= 11 is 0.874. The molecule has 0 spiro atoms. The van der Waals surface area contributed by atoms with E-state index in [9.17, 15) is 14.4 Å². The van der Waals surface area contributed by atoms with Crippen molar-refractivity contribution in [2.75, 3.05) is 22.9 Å². The van der Waals surface area contributed by atoms with E-state index in [0.29, 0.717) is 19.5 Å². The van der Waals surface area contributed by atoms with Crippen LogP contribution in [0.4, 0.5) is 11.5 Å². The number of H-pyrrole nitrogens is 1. The van der Waals surface area contributed by atoms with E-state index in [4.69, 9.17) is 16.9 Å². The molecule has 11 heteroatoms. The fourth-order valence-corrected chi connectivity index (χ4v) is 2.71. The molecule has 0 saturated heterocycles. The monoisotopic (exact) mass is 406 g/mol. The van der Waals surface area contributed by atoms with Crippen molar-refractivity contribution in [3.05, 3.63) is 20.8 Å². The van der Waals surface area contributed by atoms with Gasteiger partial charge in [0, 0.05) is 13.1 Å². The molecule has 0 aromatic carbocycles. The number of carbonyl (C=O) groups excluding carboxylic acids is 1. The van der Waals surface area contributed by atoms with Crippen LogP contribution in [-0.2, 0) is 11.3 Å². The number of carbonyl (C=O) groups is 1. The summed E-state index contributed by atoms with van der Waals surface area (Å²) in [6.45, 7) is 6.41. The largest absolute Gasteiger partial charge is 0.383 e. The van der Waals surface area contributed by atoms with Crippen LogP contribution in [0.3, 0.4) is 0 Å². The molecule has 0 saturated carbocycles. The Morgan fingerprint density at radius 2 is 2.00 bits per heavy atom. The number of aromatic nitrogens is 2. The maximum Gasteiger partial charge on any atom is 0.330 e. The molecule has 148 valence electrons. The predicted molar refractivity (Wildman–Crippen MR) is 109 cm³/mol. The molecule has 0 radical (unpaired) electrons. The molecule has 0 aliphatic carbocycles. The summed E-state index contributed by atoms with van der Waals surface area (Å²) in [5.41, 5.74) is 10.0. The van der Waals surface area contributed by atoms with Gasteiger partial charge < -0.3 is 16.4 Å². The summed E-state index contributed by atoms with van der Waals surface area (Å²) in [5.74, 6) is -0.367. The molecule has 1 aromatic heterocycles. The van der Waals surface area contributed by atoms with E-state index in [-0.39, 0.29) is 46.7 Å². The molecule has 9 nitrogen and oxygen atoms in total. The van der Waals surface area contributed by atoms with Gasteiger partial charge in [0.15, 0.2) is 10.9 Å². The quantitative estimate of drug-likeness (QED) is 0.372. The molecule has 1 rings (SSSR count). The highest BCUT2D eigenvalue weighted by Gasteiger charge is 2.24. The van der Waals surface area contributed by atoms with E-state index in [0.717, 1.165) is 18.2 Å². The Labute approximate surface area is 162 Å². The van der Waals surface area contributed by atoms with E-state index < -0.39 is 11.2 Å². The Kier molecular flexibility index (Phi) is 10.1. The number of amides is 1. The fraction of sp³-hybridized carbons (Fsp3) is 0.600. The number of anilines is 2. The standard InChI is InChI=1S/C15H26N6O3S.ClH/c1-4-5-6-20(10(22)8-25-14(17)18)11-12(16)21(7-9(2)3)15(24)19-13(11)23;/h9H,4-8,16H2,1-3H3,(H3,17,18)(H,19,23,24);1H. The van der Waals surface area contributed by atoms with E-state index in [1.807, 2.05) is 20.8 Å². The molecule has 1 aromatic rings. The number of aromatic amines is 1. The van der Waals surface area contributed by atoms with Crippen molar-refractivity contribution in [1.29, 1.82) is 5.41 Å². The van der Waals surface area contributed by atoms with E-state index in [2.05, 4.69) is 4.98 Å². The molecular weight excluding hydrogens is 380 g/mol. The molecule has 0 fully saturated rings. The third kappa shape index (κ3) is 6.41. The van der Waals surface area contributed by atoms with Crippen LogP contribution < -0.4 is 27.6 Å². The van der Waals surface area contributed by atoms with Crippen molar-refractivity contribution in [2.45, 2.75) is 40.2 Å². The number of hydrogen-bond acceptors (Lipinski definition) is 6. The van der Waals surface area contributed by atoms with Crippen molar-refractivity contribution in [1.82, 2.24) is 9.55 Å². The van der Waals surface area contributed by atoms with Crippen LogP contribution in [0.5, 0.6) is 0 Å². The maximum atomic E-state index is 12.5. The lowest BCUT2D eigenvalue weighted by atomic mass is 10.2. The van der Waals surface area contributed by atoms with Gasteiger partial charge in [0.05, 0.1) is 5.75 Å². The van der Waals surface area contributed by atoms with Crippen LogP contribution in [0.2, 0.25) is 0 Å². The van der Waals surface area contributed by atoms with Gasteiger partial charge in [0.2, 0.25) is 5.91 Å². The second-order valence-corrected chi connectivity index (χ2v) is 7.07. The minimum atomic E-state index is -0.695. The highest BCUT2D eigenvalue weighted by atomic mass is 35.5. The summed E-state index contributed by atoms with van der Waals surface area (Å²) in [4.78, 5) is 40.4. The van der Waals surface area contributed by atoms with Crippen LogP contribution in [0.15, 0.2) is 9.59 Å². The minimum absolute atomic E-state index is 0. The van der Waals surface area contributed by atoms with Gasteiger partial charge in [-0.05, 0) is 12.3 Å². The molecule has 0 atom stereocenters. The summed E-state index contributed by atoms with van der Waals surface area (Å²) < 4.78 is 1.27. The molecule has 0 aliphatic heterocycles. The SMILES string of the molecule is CCCCN(C(=O)CSC(=N)N)c1c(N)n(CC(C)C)c(=O)[nH]c1=O.Cl. The second-order valence-electron chi connectivity index (χ2n) is 6.05. The Bertz CT molecular complexity index is 746. The van der Waals surface area contributed by atoms with Crippen LogP contribution in [0.1, 0.15) is 33.6 Å². The van der Waals surface area contributed by atoms with Gasteiger partial charge in [-0.2, -0.15) is 0 Å². The number of nitrogen functional groups attached to an aromatic ring is 1. The number of nitrogens with zero attached hydrogens (tertiary/aromatic N) is 2. The number of hydrogen-bond donors (Lipinski definition) is 4. The number of unbranched alkanes of at least 4 members (excludes halogenated alkanes) is 1. The minimum Gasteiger partial charge on any atom is -0.383 e. The summed E-state index contributed by atoms with van der Waals surface area (Å²) in [6, 6.07) is 0. The molecule has 0 aliphatic rings. The van der Waals surface area contributed by atoms with Gasteiger partial charge in [0.1, 0.15) is 5.82 Å². The zero-order valence-electron chi connectivity index (χ0n) is 15.2. The summed E-state index contributed by atoms with van der Waals surface area (Å²) in [6.07, 6.45) is 1.48. The van der Waals surface area contributed by atoms with Gasteiger partial charge >= 0.3 is 5.69 Å². The molecule has 6 N–H and O–H groups in total. The van der Waals surface area contributed by atoms with Gasteiger partial charge in [-0.25, -0.2) is 4.79 Å². The lowest BCUT2D eigenvalue weighted by Gasteiger charge is -2.24. The first-order valence-electron chi connectivity index (χ1n) is 8.08. The summed E-state index contributed by atoms with van der Waals surface area (Å²) in [5, 5.41) is 7.04. The molecule has 1 amide bonds. The Balaban J connectivity index is 0.00000625. The van der Waals surface area contributed by atoms with Crippen molar-refractivity contribution in [3.63, 3.8) is 0 Å². The van der Waals surface area contributed by atoms with Gasteiger partial charge in [-0.1, -0.05) is 39.0 Å². The highest BCUT2D eigenvalue weighted by molar-refractivity contribution is 8.14. The Morgan fingerprint density at radius 1 is 1.38 bits per heavy atom. The van der Waals surface area contributed by atoms with E-state index in [1.165, 1.54) is 9.47 Å². The number of halogens is 1. The smallest absolute Gasteiger partial charge is 0.330 e. The van der Waals surface area contributed by atoms with Crippen LogP contribution in [-0.4, -0.2) is 32.9 Å². The predicted octanol–water partition coefficient (Wildman–Crippen LogP) is 0.956. The zero-order valence-corrected chi connectivity index (χ0v) is 16.8. The fourth-order valence-electron chi connectivity index (χ4n) is 2.28. The van der Waals surface area contributed by atoms with Crippen molar-refractivity contribution in [3.8, 4) is 0 Å². The second kappa shape index (κ2) is 10.9. The average molecular weight is 407 g/mol. The number of thioether (sulfide) groups is 1. The normalized spacial score (nSPS) is 10.5. The highest BCUT2D eigenvalue weighted by Crippen LogP contribution is 2.19. The Morgan fingerprint density at radius 3 is 2.50 bits per heavy atom. The van der Waals surface area contributed by atoms with E-state index in [1.54, 1.807) is 0 Å². The molecule has 0 bridgehead atoms. The van der Waals surface area contributed by atoms with Gasteiger partial charge in [-0.15, -0.1) is 12.4 Å². The van der Waals surface area contributed by atoms with Crippen molar-refractivity contribution >= 4 is 46.7 Å². The topological polar surface area (TPSA) is 151 Å². The first kappa shape index (κ1) is 24.1. The third-order valence-corrected chi connectivity index (χ3v) is 4.12. The van der Waals surface area contributed by atoms with Crippen LogP contribution in [0, 0.1) is 11.3 Å². The Hall–Kier alpha value is -1.94.